The van der Waals surface area contributed by atoms with Crippen LogP contribution in [0.3, 0.4) is 0 Å². The minimum absolute atomic E-state index is 0.232. The highest BCUT2D eigenvalue weighted by atomic mass is 16.5. The number of ether oxygens (including phenoxy) is 1. The van der Waals surface area contributed by atoms with Crippen molar-refractivity contribution in [1.82, 2.24) is 4.90 Å². The van der Waals surface area contributed by atoms with E-state index in [2.05, 4.69) is 16.4 Å². The Hall–Kier alpha value is -3.80. The molecule has 3 aromatic carbocycles. The molecular formula is C25H26N4O2. The smallest absolute Gasteiger partial charge is 0.222 e. The Morgan fingerprint density at radius 1 is 0.968 bits per heavy atom. The molecule has 6 nitrogen and oxygen atoms in total. The summed E-state index contributed by atoms with van der Waals surface area (Å²) in [6.45, 7) is 1.95. The van der Waals surface area contributed by atoms with E-state index >= 15 is 0 Å². The molecule has 1 fully saturated rings. The monoisotopic (exact) mass is 414 g/mol. The van der Waals surface area contributed by atoms with Crippen LogP contribution in [0.5, 0.6) is 11.5 Å². The zero-order valence-corrected chi connectivity index (χ0v) is 17.3. The normalized spacial score (nSPS) is 14.0. The van der Waals surface area contributed by atoms with Gasteiger partial charge >= 0.3 is 0 Å². The third-order valence-electron chi connectivity index (χ3n) is 5.05. The number of hydrogen-bond donors (Lipinski definition) is 2. The van der Waals surface area contributed by atoms with E-state index < -0.39 is 0 Å². The molecule has 1 amide bonds. The van der Waals surface area contributed by atoms with Gasteiger partial charge in [-0.05, 0) is 41.8 Å². The van der Waals surface area contributed by atoms with E-state index in [1.165, 1.54) is 0 Å². The maximum absolute atomic E-state index is 11.8. The molecule has 1 aliphatic heterocycles. The SMILES string of the molecule is NC(=NCc1cccc(CN2CCCC2=O)c1)Nc1cccc(Oc2ccccc2)c1. The fourth-order valence-electron chi connectivity index (χ4n) is 3.54. The summed E-state index contributed by atoms with van der Waals surface area (Å²) < 4.78 is 5.86. The lowest BCUT2D eigenvalue weighted by molar-refractivity contribution is -0.128. The quantitative estimate of drug-likeness (QED) is 0.440. The summed E-state index contributed by atoms with van der Waals surface area (Å²) in [5.74, 6) is 2.05. The number of nitrogens with two attached hydrogens (primary N) is 1. The topological polar surface area (TPSA) is 80.0 Å². The summed E-state index contributed by atoms with van der Waals surface area (Å²) in [5, 5.41) is 3.11. The van der Waals surface area contributed by atoms with Crippen LogP contribution in [0.1, 0.15) is 24.0 Å². The Morgan fingerprint density at radius 3 is 2.55 bits per heavy atom. The van der Waals surface area contributed by atoms with Crippen molar-refractivity contribution < 1.29 is 9.53 Å². The Kier molecular flexibility index (Phi) is 6.47. The van der Waals surface area contributed by atoms with E-state index in [0.717, 1.165) is 35.5 Å². The van der Waals surface area contributed by atoms with E-state index in [1.54, 1.807) is 0 Å². The van der Waals surface area contributed by atoms with Gasteiger partial charge in [0.2, 0.25) is 5.91 Å². The van der Waals surface area contributed by atoms with Gasteiger partial charge in [-0.2, -0.15) is 0 Å². The second-order valence-corrected chi connectivity index (χ2v) is 7.51. The number of carbonyl (C=O) groups excluding carboxylic acids is 1. The number of aliphatic imine (C=N–C) groups is 1. The molecule has 31 heavy (non-hydrogen) atoms. The highest BCUT2D eigenvalue weighted by Gasteiger charge is 2.19. The van der Waals surface area contributed by atoms with Gasteiger partial charge in [-0.15, -0.1) is 0 Å². The molecule has 0 saturated carbocycles. The zero-order valence-electron chi connectivity index (χ0n) is 17.3. The van der Waals surface area contributed by atoms with Crippen LogP contribution in [-0.4, -0.2) is 23.3 Å². The number of nitrogens with one attached hydrogen (secondary N) is 1. The Bertz CT molecular complexity index is 1070. The summed E-state index contributed by atoms with van der Waals surface area (Å²) in [5.41, 5.74) is 9.05. The maximum atomic E-state index is 11.8. The van der Waals surface area contributed by atoms with Gasteiger partial charge in [0.05, 0.1) is 6.54 Å². The highest BCUT2D eigenvalue weighted by Crippen LogP contribution is 2.23. The number of rotatable bonds is 7. The van der Waals surface area contributed by atoms with Crippen LogP contribution in [0.2, 0.25) is 0 Å². The number of amides is 1. The van der Waals surface area contributed by atoms with E-state index in [1.807, 2.05) is 77.7 Å². The van der Waals surface area contributed by atoms with E-state index in [-0.39, 0.29) is 5.91 Å². The first-order valence-electron chi connectivity index (χ1n) is 10.4. The van der Waals surface area contributed by atoms with E-state index in [4.69, 9.17) is 10.5 Å². The molecule has 1 heterocycles. The molecule has 0 bridgehead atoms. The van der Waals surface area contributed by atoms with E-state index in [9.17, 15) is 4.79 Å². The van der Waals surface area contributed by atoms with Crippen LogP contribution >= 0.6 is 0 Å². The van der Waals surface area contributed by atoms with Crippen LogP contribution in [0.4, 0.5) is 5.69 Å². The van der Waals surface area contributed by atoms with Crippen molar-refractivity contribution in [1.29, 1.82) is 0 Å². The Morgan fingerprint density at radius 2 is 1.74 bits per heavy atom. The maximum Gasteiger partial charge on any atom is 0.222 e. The van der Waals surface area contributed by atoms with E-state index in [0.29, 0.717) is 31.2 Å². The fourth-order valence-corrected chi connectivity index (χ4v) is 3.54. The molecule has 0 atom stereocenters. The molecule has 3 aromatic rings. The number of hydrogen-bond acceptors (Lipinski definition) is 3. The number of guanidine groups is 1. The van der Waals surface area contributed by atoms with Crippen molar-refractivity contribution in [2.45, 2.75) is 25.9 Å². The van der Waals surface area contributed by atoms with Crippen molar-refractivity contribution in [2.24, 2.45) is 10.7 Å². The van der Waals surface area contributed by atoms with Gasteiger partial charge in [0, 0.05) is 31.3 Å². The first-order chi connectivity index (χ1) is 15.2. The number of benzene rings is 3. The molecule has 0 aliphatic carbocycles. The molecular weight excluding hydrogens is 388 g/mol. The van der Waals surface area contributed by atoms with Crippen LogP contribution in [0.25, 0.3) is 0 Å². The Balaban J connectivity index is 1.35. The van der Waals surface area contributed by atoms with Crippen molar-refractivity contribution >= 4 is 17.6 Å². The van der Waals surface area contributed by atoms with Crippen LogP contribution in [-0.2, 0) is 17.9 Å². The average Bonchev–Trinajstić information content (AvgIpc) is 3.18. The zero-order chi connectivity index (χ0) is 21.5. The number of likely N-dealkylation sites (tertiary alicyclic amines) is 1. The van der Waals surface area contributed by atoms with Crippen molar-refractivity contribution in [3.63, 3.8) is 0 Å². The van der Waals surface area contributed by atoms with Gasteiger partial charge in [-0.1, -0.05) is 48.5 Å². The van der Waals surface area contributed by atoms with Gasteiger partial charge in [0.1, 0.15) is 11.5 Å². The Labute approximate surface area is 182 Å². The first-order valence-corrected chi connectivity index (χ1v) is 10.4. The highest BCUT2D eigenvalue weighted by molar-refractivity contribution is 5.92. The summed E-state index contributed by atoms with van der Waals surface area (Å²) in [7, 11) is 0. The lowest BCUT2D eigenvalue weighted by Crippen LogP contribution is -2.24. The molecule has 0 aromatic heterocycles. The minimum Gasteiger partial charge on any atom is -0.457 e. The first kappa shape index (κ1) is 20.5. The third-order valence-corrected chi connectivity index (χ3v) is 5.05. The summed E-state index contributed by atoms with van der Waals surface area (Å²) >= 11 is 0. The average molecular weight is 415 g/mol. The van der Waals surface area contributed by atoms with Gasteiger partial charge in [-0.25, -0.2) is 4.99 Å². The molecule has 4 rings (SSSR count). The number of carbonyl (C=O) groups is 1. The van der Waals surface area contributed by atoms with Crippen molar-refractivity contribution in [3.05, 3.63) is 90.0 Å². The van der Waals surface area contributed by atoms with Crippen molar-refractivity contribution in [2.75, 3.05) is 11.9 Å². The molecule has 6 heteroatoms. The van der Waals surface area contributed by atoms with Crippen LogP contribution in [0.15, 0.2) is 83.9 Å². The molecule has 0 spiro atoms. The molecule has 0 unspecified atom stereocenters. The van der Waals surface area contributed by atoms with Gasteiger partial charge < -0.3 is 20.7 Å². The number of anilines is 1. The molecule has 0 radical (unpaired) electrons. The minimum atomic E-state index is 0.232. The molecule has 158 valence electrons. The van der Waals surface area contributed by atoms with Crippen LogP contribution in [0, 0.1) is 0 Å². The van der Waals surface area contributed by atoms with Gasteiger partial charge in [0.15, 0.2) is 5.96 Å². The lowest BCUT2D eigenvalue weighted by Gasteiger charge is -2.15. The summed E-state index contributed by atoms with van der Waals surface area (Å²) in [6.07, 6.45) is 1.60. The number of nitrogens with zero attached hydrogens (tertiary/aromatic N) is 2. The molecule has 3 N–H and O–H groups in total. The number of para-hydroxylation sites is 1. The lowest BCUT2D eigenvalue weighted by atomic mass is 10.1. The predicted molar refractivity (Wildman–Crippen MR) is 123 cm³/mol. The van der Waals surface area contributed by atoms with Crippen LogP contribution < -0.4 is 15.8 Å². The second-order valence-electron chi connectivity index (χ2n) is 7.51. The standard InChI is InChI=1S/C25H26N4O2/c26-25(28-21-9-5-12-23(16-21)31-22-10-2-1-3-11-22)27-17-19-7-4-8-20(15-19)18-29-14-6-13-24(29)30/h1-5,7-12,15-16H,6,13-14,17-18H2,(H3,26,27,28). The second kappa shape index (κ2) is 9.80. The summed E-state index contributed by atoms with van der Waals surface area (Å²) in [4.78, 5) is 18.2. The molecule has 1 saturated heterocycles. The fraction of sp³-hybridized carbons (Fsp3) is 0.200. The van der Waals surface area contributed by atoms with Gasteiger partial charge in [0.25, 0.3) is 0 Å². The van der Waals surface area contributed by atoms with Crippen molar-refractivity contribution in [3.8, 4) is 11.5 Å². The predicted octanol–water partition coefficient (Wildman–Crippen LogP) is 4.53. The third kappa shape index (κ3) is 5.85. The largest absolute Gasteiger partial charge is 0.457 e. The van der Waals surface area contributed by atoms with Gasteiger partial charge in [-0.3, -0.25) is 4.79 Å². The molecule has 1 aliphatic rings. The summed E-state index contributed by atoms with van der Waals surface area (Å²) in [6, 6.07) is 25.3.